The zero-order valence-electron chi connectivity index (χ0n) is 13.4. The predicted molar refractivity (Wildman–Crippen MR) is 87.3 cm³/mol. The van der Waals surface area contributed by atoms with Gasteiger partial charge < -0.3 is 10.1 Å². The highest BCUT2D eigenvalue weighted by molar-refractivity contribution is 5.29. The molecule has 0 fully saturated rings. The number of rotatable bonds is 11. The lowest BCUT2D eigenvalue weighted by Gasteiger charge is -2.14. The lowest BCUT2D eigenvalue weighted by Crippen LogP contribution is -2.19. The largest absolute Gasteiger partial charge is 0.479 e. The molecular weight excluding hydrogens is 260 g/mol. The van der Waals surface area contributed by atoms with Gasteiger partial charge in [0, 0.05) is 6.04 Å². The SMILES string of the molecule is CCCCCCCCNC(C)c1ccc(OCC#N)cc1. The summed E-state index contributed by atoms with van der Waals surface area (Å²) in [5, 5.41) is 12.0. The molecule has 0 aromatic heterocycles. The average molecular weight is 288 g/mol. The molecule has 1 rings (SSSR count). The molecule has 3 heteroatoms. The van der Waals surface area contributed by atoms with E-state index in [1.807, 2.05) is 18.2 Å². The van der Waals surface area contributed by atoms with Crippen LogP contribution in [0.1, 0.15) is 64.0 Å². The van der Waals surface area contributed by atoms with E-state index in [1.165, 1.54) is 44.1 Å². The van der Waals surface area contributed by atoms with Crippen molar-refractivity contribution in [3.8, 4) is 11.8 Å². The Hall–Kier alpha value is -1.53. The number of nitrogens with zero attached hydrogens (tertiary/aromatic N) is 1. The first kappa shape index (κ1) is 17.5. The minimum Gasteiger partial charge on any atom is -0.479 e. The molecule has 0 heterocycles. The van der Waals surface area contributed by atoms with Crippen molar-refractivity contribution >= 4 is 0 Å². The first-order chi connectivity index (χ1) is 10.3. The Morgan fingerprint density at radius 1 is 1.10 bits per heavy atom. The molecular formula is C18H28N2O. The summed E-state index contributed by atoms with van der Waals surface area (Å²) in [5.74, 6) is 0.753. The van der Waals surface area contributed by atoms with Gasteiger partial charge in [-0.25, -0.2) is 0 Å². The van der Waals surface area contributed by atoms with Crippen molar-refractivity contribution in [2.24, 2.45) is 0 Å². The summed E-state index contributed by atoms with van der Waals surface area (Å²) >= 11 is 0. The minimum absolute atomic E-state index is 0.102. The van der Waals surface area contributed by atoms with Crippen molar-refractivity contribution in [3.63, 3.8) is 0 Å². The second kappa shape index (κ2) is 11.2. The molecule has 0 aliphatic carbocycles. The summed E-state index contributed by atoms with van der Waals surface area (Å²) < 4.78 is 5.25. The molecule has 21 heavy (non-hydrogen) atoms. The van der Waals surface area contributed by atoms with Gasteiger partial charge in [-0.2, -0.15) is 5.26 Å². The van der Waals surface area contributed by atoms with E-state index in [0.717, 1.165) is 12.3 Å². The summed E-state index contributed by atoms with van der Waals surface area (Å²) in [6.07, 6.45) is 7.97. The Labute approximate surface area is 129 Å². The Bertz CT molecular complexity index is 408. The van der Waals surface area contributed by atoms with Crippen molar-refractivity contribution in [1.82, 2.24) is 5.32 Å². The van der Waals surface area contributed by atoms with Crippen molar-refractivity contribution in [2.75, 3.05) is 13.2 Å². The van der Waals surface area contributed by atoms with Gasteiger partial charge in [0.2, 0.25) is 0 Å². The van der Waals surface area contributed by atoms with Gasteiger partial charge in [0.25, 0.3) is 0 Å². The van der Waals surface area contributed by atoms with Crippen molar-refractivity contribution < 1.29 is 4.74 Å². The zero-order valence-corrected chi connectivity index (χ0v) is 13.4. The standard InChI is InChI=1S/C18H28N2O/c1-3-4-5-6-7-8-14-20-16(2)17-9-11-18(12-10-17)21-15-13-19/h9-12,16,20H,3-8,14-15H2,1-2H3. The van der Waals surface area contributed by atoms with Crippen LogP contribution in [0, 0.1) is 11.3 Å². The molecule has 1 N–H and O–H groups in total. The third kappa shape index (κ3) is 7.72. The monoisotopic (exact) mass is 288 g/mol. The maximum Gasteiger partial charge on any atom is 0.174 e. The molecule has 0 amide bonds. The molecule has 1 aromatic rings. The van der Waals surface area contributed by atoms with Gasteiger partial charge in [-0.15, -0.1) is 0 Å². The van der Waals surface area contributed by atoms with Crippen molar-refractivity contribution in [2.45, 2.75) is 58.4 Å². The summed E-state index contributed by atoms with van der Waals surface area (Å²) in [4.78, 5) is 0. The van der Waals surface area contributed by atoms with E-state index in [0.29, 0.717) is 6.04 Å². The molecule has 0 saturated carbocycles. The quantitative estimate of drug-likeness (QED) is 0.605. The first-order valence-corrected chi connectivity index (χ1v) is 8.11. The van der Waals surface area contributed by atoms with Gasteiger partial charge in [-0.1, -0.05) is 51.2 Å². The van der Waals surface area contributed by atoms with Crippen LogP contribution >= 0.6 is 0 Å². The molecule has 0 saturated heterocycles. The number of ether oxygens (including phenoxy) is 1. The molecule has 0 aliphatic rings. The van der Waals surface area contributed by atoms with Crippen LogP contribution in [0.2, 0.25) is 0 Å². The number of benzene rings is 1. The van der Waals surface area contributed by atoms with Gasteiger partial charge in [-0.3, -0.25) is 0 Å². The van der Waals surface area contributed by atoms with Gasteiger partial charge in [0.1, 0.15) is 11.8 Å². The summed E-state index contributed by atoms with van der Waals surface area (Å²) in [6, 6.07) is 10.3. The average Bonchev–Trinajstić information content (AvgIpc) is 2.52. The maximum atomic E-state index is 8.47. The maximum absolute atomic E-state index is 8.47. The fraction of sp³-hybridized carbons (Fsp3) is 0.611. The van der Waals surface area contributed by atoms with E-state index in [1.54, 1.807) is 0 Å². The number of unbranched alkanes of at least 4 members (excludes halogenated alkanes) is 5. The molecule has 0 radical (unpaired) electrons. The molecule has 3 nitrogen and oxygen atoms in total. The topological polar surface area (TPSA) is 45.0 Å². The van der Waals surface area contributed by atoms with E-state index >= 15 is 0 Å². The summed E-state index contributed by atoms with van der Waals surface area (Å²) in [5.41, 5.74) is 1.25. The zero-order chi connectivity index (χ0) is 15.3. The van der Waals surface area contributed by atoms with Gasteiger partial charge in [0.15, 0.2) is 6.61 Å². The number of nitriles is 1. The third-order valence-corrected chi connectivity index (χ3v) is 3.66. The molecule has 1 unspecified atom stereocenters. The Morgan fingerprint density at radius 2 is 1.76 bits per heavy atom. The lowest BCUT2D eigenvalue weighted by atomic mass is 10.1. The van der Waals surface area contributed by atoms with E-state index in [9.17, 15) is 0 Å². The van der Waals surface area contributed by atoms with Crippen LogP contribution in [0.25, 0.3) is 0 Å². The highest BCUT2D eigenvalue weighted by Crippen LogP contribution is 2.17. The van der Waals surface area contributed by atoms with Gasteiger partial charge in [-0.05, 0) is 37.6 Å². The molecule has 0 bridgehead atoms. The Kier molecular flexibility index (Phi) is 9.32. The summed E-state index contributed by atoms with van der Waals surface area (Å²) in [6.45, 7) is 5.60. The van der Waals surface area contributed by atoms with E-state index in [-0.39, 0.29) is 6.61 Å². The van der Waals surface area contributed by atoms with E-state index in [4.69, 9.17) is 10.00 Å². The molecule has 1 aromatic carbocycles. The first-order valence-electron chi connectivity index (χ1n) is 8.11. The number of hydrogen-bond donors (Lipinski definition) is 1. The lowest BCUT2D eigenvalue weighted by molar-refractivity contribution is 0.368. The molecule has 0 aliphatic heterocycles. The number of nitrogens with one attached hydrogen (secondary N) is 1. The molecule has 1 atom stereocenters. The van der Waals surface area contributed by atoms with Crippen LogP contribution in [0.5, 0.6) is 5.75 Å². The van der Waals surface area contributed by atoms with E-state index in [2.05, 4.69) is 31.3 Å². The van der Waals surface area contributed by atoms with Crippen LogP contribution in [-0.2, 0) is 0 Å². The fourth-order valence-corrected chi connectivity index (χ4v) is 2.31. The van der Waals surface area contributed by atoms with Crippen molar-refractivity contribution in [1.29, 1.82) is 5.26 Å². The van der Waals surface area contributed by atoms with Crippen molar-refractivity contribution in [3.05, 3.63) is 29.8 Å². The normalized spacial score (nSPS) is 11.9. The number of hydrogen-bond acceptors (Lipinski definition) is 3. The highest BCUT2D eigenvalue weighted by atomic mass is 16.5. The third-order valence-electron chi connectivity index (χ3n) is 3.66. The van der Waals surface area contributed by atoms with E-state index < -0.39 is 0 Å². The van der Waals surface area contributed by atoms with Crippen LogP contribution in [0.3, 0.4) is 0 Å². The Morgan fingerprint density at radius 3 is 2.43 bits per heavy atom. The highest BCUT2D eigenvalue weighted by Gasteiger charge is 2.04. The second-order valence-electron chi connectivity index (χ2n) is 5.46. The fourth-order valence-electron chi connectivity index (χ4n) is 2.31. The summed E-state index contributed by atoms with van der Waals surface area (Å²) in [7, 11) is 0. The minimum atomic E-state index is 0.102. The van der Waals surface area contributed by atoms with Crippen LogP contribution < -0.4 is 10.1 Å². The second-order valence-corrected chi connectivity index (χ2v) is 5.46. The van der Waals surface area contributed by atoms with Gasteiger partial charge >= 0.3 is 0 Å². The van der Waals surface area contributed by atoms with Crippen LogP contribution in [0.15, 0.2) is 24.3 Å². The molecule has 116 valence electrons. The Balaban J connectivity index is 2.19. The smallest absolute Gasteiger partial charge is 0.174 e. The van der Waals surface area contributed by atoms with Gasteiger partial charge in [0.05, 0.1) is 0 Å². The van der Waals surface area contributed by atoms with Crippen LogP contribution in [-0.4, -0.2) is 13.2 Å². The predicted octanol–water partition coefficient (Wildman–Crippen LogP) is 4.60. The molecule has 0 spiro atoms. The van der Waals surface area contributed by atoms with Crippen LogP contribution in [0.4, 0.5) is 0 Å².